The number of anilines is 1. The molecule has 0 aromatic heterocycles. The molecule has 1 fully saturated rings. The first-order valence-electron chi connectivity index (χ1n) is 6.20. The molecule has 1 saturated carbocycles. The number of nitriles is 1. The van der Waals surface area contributed by atoms with Crippen LogP contribution in [-0.4, -0.2) is 18.2 Å². The molecule has 0 bridgehead atoms. The Labute approximate surface area is 113 Å². The van der Waals surface area contributed by atoms with Crippen LogP contribution >= 0.6 is 0 Å². The molecule has 1 aromatic carbocycles. The summed E-state index contributed by atoms with van der Waals surface area (Å²) in [6.45, 7) is 0.198. The highest BCUT2D eigenvalue weighted by Crippen LogP contribution is 2.50. The van der Waals surface area contributed by atoms with Crippen molar-refractivity contribution in [3.8, 4) is 6.07 Å². The van der Waals surface area contributed by atoms with E-state index in [1.165, 1.54) is 4.90 Å². The molecule has 0 spiro atoms. The fourth-order valence-corrected chi connectivity index (χ4v) is 2.52. The molecule has 6 heteroatoms. The van der Waals surface area contributed by atoms with Crippen molar-refractivity contribution >= 4 is 17.4 Å². The molecule has 1 aliphatic carbocycles. The Morgan fingerprint density at radius 2 is 1.90 bits per heavy atom. The minimum Gasteiger partial charge on any atom is -0.304 e. The maximum Gasteiger partial charge on any atom is 0.299 e. The summed E-state index contributed by atoms with van der Waals surface area (Å²) < 4.78 is 26.5. The summed E-state index contributed by atoms with van der Waals surface area (Å²) >= 11 is 0. The van der Waals surface area contributed by atoms with Crippen molar-refractivity contribution in [3.05, 3.63) is 29.3 Å². The fraction of sp³-hybridized carbons (Fsp3) is 0.357. The van der Waals surface area contributed by atoms with E-state index in [1.807, 2.05) is 0 Å². The van der Waals surface area contributed by atoms with Gasteiger partial charge in [0.1, 0.15) is 0 Å². The van der Waals surface area contributed by atoms with Gasteiger partial charge in [-0.25, -0.2) is 8.78 Å². The van der Waals surface area contributed by atoms with Crippen molar-refractivity contribution in [1.29, 1.82) is 5.26 Å². The molecule has 1 aromatic rings. The number of benzene rings is 1. The Balaban J connectivity index is 1.99. The van der Waals surface area contributed by atoms with Gasteiger partial charge >= 0.3 is 0 Å². The Kier molecular flexibility index (Phi) is 2.61. The average molecular weight is 276 g/mol. The second-order valence-electron chi connectivity index (χ2n) is 5.34. The number of Topliss-reactive ketones (excluding diaryl/α,β-unsaturated/α-hetero) is 1. The number of carbonyl (C=O) groups is 2. The molecule has 20 heavy (non-hydrogen) atoms. The number of fused-ring (bicyclic) bond motifs is 1. The van der Waals surface area contributed by atoms with Crippen molar-refractivity contribution in [2.24, 2.45) is 5.41 Å². The summed E-state index contributed by atoms with van der Waals surface area (Å²) in [4.78, 5) is 24.9. The fourth-order valence-electron chi connectivity index (χ4n) is 2.52. The van der Waals surface area contributed by atoms with Gasteiger partial charge in [-0.05, 0) is 18.9 Å². The Morgan fingerprint density at radius 1 is 1.25 bits per heavy atom. The van der Waals surface area contributed by atoms with E-state index in [9.17, 15) is 18.4 Å². The van der Waals surface area contributed by atoms with Gasteiger partial charge in [-0.3, -0.25) is 9.59 Å². The van der Waals surface area contributed by atoms with E-state index in [0.717, 1.165) is 25.0 Å². The van der Waals surface area contributed by atoms with E-state index >= 15 is 0 Å². The minimum atomic E-state index is -1.15. The van der Waals surface area contributed by atoms with E-state index in [4.69, 9.17) is 5.26 Å². The van der Waals surface area contributed by atoms with Crippen molar-refractivity contribution in [3.63, 3.8) is 0 Å². The number of amides is 1. The lowest BCUT2D eigenvalue weighted by atomic mass is 10.0. The highest BCUT2D eigenvalue weighted by molar-refractivity contribution is 6.52. The SMILES string of the molecule is N#CCC1(CN2C(=O)C(=O)c3cc(F)c(F)cc32)CC1. The summed E-state index contributed by atoms with van der Waals surface area (Å²) in [5, 5.41) is 8.78. The van der Waals surface area contributed by atoms with Crippen LogP contribution in [0.25, 0.3) is 0 Å². The number of nitrogens with zero attached hydrogens (tertiary/aromatic N) is 2. The monoisotopic (exact) mass is 276 g/mol. The minimum absolute atomic E-state index is 0.100. The summed E-state index contributed by atoms with van der Waals surface area (Å²) in [6, 6.07) is 3.69. The Bertz CT molecular complexity index is 674. The molecule has 0 radical (unpaired) electrons. The van der Waals surface area contributed by atoms with Gasteiger partial charge in [0.05, 0.1) is 17.3 Å². The van der Waals surface area contributed by atoms with Crippen molar-refractivity contribution in [2.75, 3.05) is 11.4 Å². The molecule has 0 N–H and O–H groups in total. The number of hydrogen-bond donors (Lipinski definition) is 0. The summed E-state index contributed by atoms with van der Waals surface area (Å²) in [6.07, 6.45) is 1.86. The predicted molar refractivity (Wildman–Crippen MR) is 64.9 cm³/mol. The number of halogens is 2. The predicted octanol–water partition coefficient (Wildman–Crippen LogP) is 2.19. The number of ketones is 1. The molecule has 1 heterocycles. The maximum atomic E-state index is 13.3. The van der Waals surface area contributed by atoms with Crippen molar-refractivity contribution in [2.45, 2.75) is 19.3 Å². The van der Waals surface area contributed by atoms with Crippen LogP contribution in [0.5, 0.6) is 0 Å². The van der Waals surface area contributed by atoms with Gasteiger partial charge in [-0.15, -0.1) is 0 Å². The summed E-state index contributed by atoms with van der Waals surface area (Å²) in [5.74, 6) is -3.85. The van der Waals surface area contributed by atoms with E-state index in [0.29, 0.717) is 0 Å². The number of carbonyl (C=O) groups excluding carboxylic acids is 2. The van der Waals surface area contributed by atoms with E-state index < -0.39 is 23.3 Å². The van der Waals surface area contributed by atoms with Gasteiger partial charge in [-0.1, -0.05) is 0 Å². The molecule has 4 nitrogen and oxygen atoms in total. The second kappa shape index (κ2) is 4.10. The third-order valence-corrected chi connectivity index (χ3v) is 3.92. The van der Waals surface area contributed by atoms with E-state index in [1.54, 1.807) is 0 Å². The molecule has 102 valence electrons. The lowest BCUT2D eigenvalue weighted by molar-refractivity contribution is -0.114. The van der Waals surface area contributed by atoms with Crippen LogP contribution < -0.4 is 4.90 Å². The molecule has 2 aliphatic rings. The van der Waals surface area contributed by atoms with Crippen LogP contribution in [-0.2, 0) is 4.79 Å². The molecule has 0 saturated heterocycles. The Morgan fingerprint density at radius 3 is 2.50 bits per heavy atom. The zero-order valence-electron chi connectivity index (χ0n) is 10.4. The van der Waals surface area contributed by atoms with E-state index in [2.05, 4.69) is 6.07 Å². The molecular formula is C14H10F2N2O2. The smallest absolute Gasteiger partial charge is 0.299 e. The largest absolute Gasteiger partial charge is 0.304 e. The van der Waals surface area contributed by atoms with Crippen LogP contribution in [0.4, 0.5) is 14.5 Å². The lowest BCUT2D eigenvalue weighted by Gasteiger charge is -2.21. The molecule has 1 aliphatic heterocycles. The summed E-state index contributed by atoms with van der Waals surface area (Å²) in [7, 11) is 0. The molecule has 0 atom stereocenters. The van der Waals surface area contributed by atoms with Crippen molar-refractivity contribution < 1.29 is 18.4 Å². The molecule has 1 amide bonds. The zero-order valence-corrected chi connectivity index (χ0v) is 10.4. The van der Waals surface area contributed by atoms with E-state index in [-0.39, 0.29) is 29.6 Å². The topological polar surface area (TPSA) is 61.2 Å². The standard InChI is InChI=1S/C14H10F2N2O2/c15-9-5-8-11(6-10(9)16)18(13(20)12(8)19)7-14(1-2-14)3-4-17/h5-6H,1-3,7H2. The van der Waals surface area contributed by atoms with Gasteiger partial charge in [0.15, 0.2) is 11.6 Å². The third-order valence-electron chi connectivity index (χ3n) is 3.92. The first kappa shape index (κ1) is 12.7. The summed E-state index contributed by atoms with van der Waals surface area (Å²) in [5.41, 5.74) is -0.318. The van der Waals surface area contributed by atoms with Crippen LogP contribution in [0.1, 0.15) is 29.6 Å². The van der Waals surface area contributed by atoms with Gasteiger partial charge < -0.3 is 4.90 Å². The third kappa shape index (κ3) is 1.78. The van der Waals surface area contributed by atoms with Gasteiger partial charge in [0.25, 0.3) is 11.7 Å². The van der Waals surface area contributed by atoms with Crippen LogP contribution in [0, 0.1) is 28.4 Å². The van der Waals surface area contributed by atoms with Crippen molar-refractivity contribution in [1.82, 2.24) is 0 Å². The first-order chi connectivity index (χ1) is 9.47. The Hall–Kier alpha value is -2.29. The average Bonchev–Trinajstić information content (AvgIpc) is 3.13. The number of rotatable bonds is 3. The second-order valence-corrected chi connectivity index (χ2v) is 5.34. The van der Waals surface area contributed by atoms with Gasteiger partial charge in [0.2, 0.25) is 0 Å². The highest BCUT2D eigenvalue weighted by Gasteiger charge is 2.48. The van der Waals surface area contributed by atoms with Gasteiger partial charge in [-0.2, -0.15) is 5.26 Å². The van der Waals surface area contributed by atoms with Gasteiger partial charge in [0, 0.05) is 24.4 Å². The highest BCUT2D eigenvalue weighted by atomic mass is 19.2. The molecular weight excluding hydrogens is 266 g/mol. The molecule has 3 rings (SSSR count). The number of hydrogen-bond acceptors (Lipinski definition) is 3. The first-order valence-corrected chi connectivity index (χ1v) is 6.20. The normalized spacial score (nSPS) is 18.9. The van der Waals surface area contributed by atoms with Crippen LogP contribution in [0.3, 0.4) is 0 Å². The maximum absolute atomic E-state index is 13.3. The zero-order chi connectivity index (χ0) is 14.5. The van der Waals surface area contributed by atoms with Crippen LogP contribution in [0.2, 0.25) is 0 Å². The quantitative estimate of drug-likeness (QED) is 0.795. The lowest BCUT2D eigenvalue weighted by Crippen LogP contribution is -2.35. The van der Waals surface area contributed by atoms with Crippen LogP contribution in [0.15, 0.2) is 12.1 Å². The molecule has 0 unspecified atom stereocenters.